The minimum atomic E-state index is 0.119. The normalized spacial score (nSPS) is 10.8. The van der Waals surface area contributed by atoms with E-state index in [0.29, 0.717) is 16.8 Å². The molecule has 0 bridgehead atoms. The summed E-state index contributed by atoms with van der Waals surface area (Å²) in [6.45, 7) is 0. The first-order chi connectivity index (χ1) is 8.74. The predicted molar refractivity (Wildman–Crippen MR) is 70.3 cm³/mol. The summed E-state index contributed by atoms with van der Waals surface area (Å²) >= 11 is 13.4. The summed E-state index contributed by atoms with van der Waals surface area (Å²) in [6.07, 6.45) is 4.95. The molecule has 0 N–H and O–H groups in total. The fourth-order valence-electron chi connectivity index (χ4n) is 1.39. The van der Waals surface area contributed by atoms with Gasteiger partial charge in [0.15, 0.2) is 5.82 Å². The fraction of sp³-hybridized carbons (Fsp3) is 0. The number of thiophene rings is 1. The fourth-order valence-corrected chi connectivity index (χ4v) is 2.62. The van der Waals surface area contributed by atoms with E-state index in [2.05, 4.69) is 19.9 Å². The van der Waals surface area contributed by atoms with Crippen LogP contribution in [0.5, 0.6) is 0 Å². The third-order valence-corrected chi connectivity index (χ3v) is 3.66. The van der Waals surface area contributed by atoms with E-state index in [-0.39, 0.29) is 5.28 Å². The van der Waals surface area contributed by atoms with E-state index < -0.39 is 0 Å². The predicted octanol–water partition coefficient (Wildman–Crippen LogP) is 3.09. The molecular weight excluding hydrogens is 293 g/mol. The summed E-state index contributed by atoms with van der Waals surface area (Å²) in [6, 6.07) is 1.79. The molecule has 90 valence electrons. The lowest BCUT2D eigenvalue weighted by Gasteiger charge is -2.03. The number of imidazole rings is 1. The summed E-state index contributed by atoms with van der Waals surface area (Å²) in [5, 5.41) is 2.58. The highest BCUT2D eigenvalue weighted by Gasteiger charge is 2.12. The summed E-state index contributed by atoms with van der Waals surface area (Å²) in [5.41, 5.74) is 0. The molecule has 0 atom stereocenters. The van der Waals surface area contributed by atoms with Crippen LogP contribution in [0.1, 0.15) is 0 Å². The lowest BCUT2D eigenvalue weighted by atomic mass is 10.4. The molecule has 0 amide bonds. The van der Waals surface area contributed by atoms with Gasteiger partial charge in [-0.05, 0) is 23.0 Å². The van der Waals surface area contributed by atoms with Gasteiger partial charge < -0.3 is 0 Å². The number of aromatic nitrogens is 5. The van der Waals surface area contributed by atoms with Crippen LogP contribution in [0.15, 0.2) is 30.2 Å². The van der Waals surface area contributed by atoms with Crippen LogP contribution in [-0.2, 0) is 0 Å². The summed E-state index contributed by atoms with van der Waals surface area (Å²) in [5.74, 6) is 0.866. The molecule has 0 saturated carbocycles. The lowest BCUT2D eigenvalue weighted by molar-refractivity contribution is 0.900. The Balaban J connectivity index is 2.15. The molecule has 3 aromatic rings. The second-order valence-corrected chi connectivity index (χ2v) is 4.96. The molecule has 0 aliphatic heterocycles. The molecule has 0 spiro atoms. The largest absolute Gasteiger partial charge is 0.274 e. The van der Waals surface area contributed by atoms with E-state index in [4.69, 9.17) is 23.2 Å². The van der Waals surface area contributed by atoms with Crippen molar-refractivity contribution in [2.75, 3.05) is 0 Å². The molecule has 5 nitrogen and oxygen atoms in total. The van der Waals surface area contributed by atoms with Crippen molar-refractivity contribution < 1.29 is 0 Å². The van der Waals surface area contributed by atoms with Crippen molar-refractivity contribution in [2.45, 2.75) is 0 Å². The Kier molecular flexibility index (Phi) is 2.99. The van der Waals surface area contributed by atoms with Gasteiger partial charge in [0, 0.05) is 12.4 Å². The molecule has 3 rings (SSSR count). The van der Waals surface area contributed by atoms with E-state index in [0.717, 1.165) is 4.88 Å². The quantitative estimate of drug-likeness (QED) is 0.729. The number of hydrogen-bond acceptors (Lipinski definition) is 5. The number of nitrogens with zero attached hydrogens (tertiary/aromatic N) is 5. The highest BCUT2D eigenvalue weighted by molar-refractivity contribution is 7.14. The van der Waals surface area contributed by atoms with Crippen molar-refractivity contribution in [3.63, 3.8) is 0 Å². The highest BCUT2D eigenvalue weighted by Crippen LogP contribution is 2.31. The van der Waals surface area contributed by atoms with Crippen molar-refractivity contribution in [1.82, 2.24) is 24.5 Å². The summed E-state index contributed by atoms with van der Waals surface area (Å²) < 4.78 is 1.65. The molecule has 0 saturated heterocycles. The van der Waals surface area contributed by atoms with Crippen LogP contribution in [0.2, 0.25) is 10.3 Å². The molecule has 18 heavy (non-hydrogen) atoms. The van der Waals surface area contributed by atoms with Crippen molar-refractivity contribution in [1.29, 1.82) is 0 Å². The number of halogens is 2. The zero-order valence-electron chi connectivity index (χ0n) is 8.79. The van der Waals surface area contributed by atoms with E-state index in [9.17, 15) is 0 Å². The second kappa shape index (κ2) is 4.64. The highest BCUT2D eigenvalue weighted by atomic mass is 35.5. The van der Waals surface area contributed by atoms with Gasteiger partial charge in [0.25, 0.3) is 0 Å². The van der Waals surface area contributed by atoms with Crippen LogP contribution in [0.25, 0.3) is 16.6 Å². The molecule has 0 aromatic carbocycles. The minimum absolute atomic E-state index is 0.119. The Morgan fingerprint density at radius 2 is 2.06 bits per heavy atom. The molecule has 3 heterocycles. The molecule has 0 aliphatic rings. The van der Waals surface area contributed by atoms with E-state index >= 15 is 0 Å². The monoisotopic (exact) mass is 297 g/mol. The maximum Gasteiger partial charge on any atom is 0.239 e. The van der Waals surface area contributed by atoms with E-state index in [1.807, 2.05) is 5.38 Å². The molecular formula is C10H5Cl2N5S. The van der Waals surface area contributed by atoms with Crippen molar-refractivity contribution >= 4 is 34.5 Å². The van der Waals surface area contributed by atoms with E-state index in [1.54, 1.807) is 29.4 Å². The second-order valence-electron chi connectivity index (χ2n) is 3.30. The van der Waals surface area contributed by atoms with E-state index in [1.165, 1.54) is 11.3 Å². The first-order valence-corrected chi connectivity index (χ1v) is 6.51. The summed E-state index contributed by atoms with van der Waals surface area (Å²) in [4.78, 5) is 17.1. The Morgan fingerprint density at radius 1 is 1.17 bits per heavy atom. The van der Waals surface area contributed by atoms with Crippen LogP contribution in [0, 0.1) is 0 Å². The van der Waals surface area contributed by atoms with Crippen molar-refractivity contribution in [3.05, 3.63) is 40.5 Å². The van der Waals surface area contributed by atoms with Gasteiger partial charge in [-0.25, -0.2) is 4.98 Å². The molecule has 3 aromatic heterocycles. The zero-order chi connectivity index (χ0) is 12.5. The van der Waals surface area contributed by atoms with Crippen LogP contribution in [0.3, 0.4) is 0 Å². The van der Waals surface area contributed by atoms with Gasteiger partial charge in [-0.15, -0.1) is 11.3 Å². The summed E-state index contributed by atoms with van der Waals surface area (Å²) in [7, 11) is 0. The number of hydrogen-bond donors (Lipinski definition) is 0. The van der Waals surface area contributed by atoms with Gasteiger partial charge in [0.05, 0.1) is 9.90 Å². The molecule has 0 radical (unpaired) electrons. The zero-order valence-corrected chi connectivity index (χ0v) is 11.1. The number of rotatable bonds is 2. The third kappa shape index (κ3) is 2.10. The SMILES string of the molecule is Clc1nc(-c2sccc2Cl)nc(-n2ccnc2)n1. The Bertz CT molecular complexity index is 679. The van der Waals surface area contributed by atoms with Gasteiger partial charge in [-0.2, -0.15) is 15.0 Å². The van der Waals surface area contributed by atoms with Crippen molar-refractivity contribution in [2.24, 2.45) is 0 Å². The first-order valence-electron chi connectivity index (χ1n) is 4.87. The smallest absolute Gasteiger partial charge is 0.239 e. The van der Waals surface area contributed by atoms with Crippen molar-refractivity contribution in [3.8, 4) is 16.6 Å². The minimum Gasteiger partial charge on any atom is -0.274 e. The van der Waals surface area contributed by atoms with Gasteiger partial charge in [0.1, 0.15) is 6.33 Å². The average Bonchev–Trinajstić information content (AvgIpc) is 2.98. The van der Waals surface area contributed by atoms with Crippen LogP contribution in [-0.4, -0.2) is 24.5 Å². The van der Waals surface area contributed by atoms with Gasteiger partial charge in [0.2, 0.25) is 11.2 Å². The van der Waals surface area contributed by atoms with Crippen LogP contribution < -0.4 is 0 Å². The molecule has 0 aliphatic carbocycles. The Morgan fingerprint density at radius 3 is 2.72 bits per heavy atom. The topological polar surface area (TPSA) is 56.5 Å². The van der Waals surface area contributed by atoms with Crippen LogP contribution >= 0.6 is 34.5 Å². The first kappa shape index (κ1) is 11.6. The third-order valence-electron chi connectivity index (χ3n) is 2.15. The van der Waals surface area contributed by atoms with Crippen LogP contribution in [0.4, 0.5) is 0 Å². The average molecular weight is 298 g/mol. The van der Waals surface area contributed by atoms with Gasteiger partial charge in [-0.1, -0.05) is 11.6 Å². The Labute approximate surface area is 116 Å². The maximum absolute atomic E-state index is 6.05. The maximum atomic E-state index is 6.05. The van der Waals surface area contributed by atoms with Gasteiger partial charge >= 0.3 is 0 Å². The standard InChI is InChI=1S/C10H5Cl2N5S/c11-6-1-4-18-7(6)8-14-9(12)16-10(15-8)17-3-2-13-5-17/h1-5H. The molecule has 8 heteroatoms. The Hall–Kier alpha value is -1.50. The van der Waals surface area contributed by atoms with Gasteiger partial charge in [-0.3, -0.25) is 4.57 Å². The molecule has 0 fully saturated rings. The molecule has 0 unspecified atom stereocenters. The lowest BCUT2D eigenvalue weighted by Crippen LogP contribution is -2.02.